The first-order valence-corrected chi connectivity index (χ1v) is 9.64. The molecule has 6 nitrogen and oxygen atoms in total. The number of piperidine rings is 1. The maximum atomic E-state index is 12.7. The first kappa shape index (κ1) is 18.1. The fraction of sp³-hybridized carbons (Fsp3) is 0.611. The van der Waals surface area contributed by atoms with Gasteiger partial charge in [-0.2, -0.15) is 0 Å². The van der Waals surface area contributed by atoms with Crippen LogP contribution in [0.2, 0.25) is 0 Å². The lowest BCUT2D eigenvalue weighted by atomic mass is 9.98. The van der Waals surface area contributed by atoms with Crippen molar-refractivity contribution in [1.29, 1.82) is 0 Å². The van der Waals surface area contributed by atoms with E-state index in [0.29, 0.717) is 33.0 Å². The number of fused-ring (bicyclic) bond motifs is 1. The van der Waals surface area contributed by atoms with Gasteiger partial charge in [0.15, 0.2) is 0 Å². The molecular formula is C18H26N4O2S. The molecule has 2 aromatic heterocycles. The molecule has 1 aliphatic heterocycles. The van der Waals surface area contributed by atoms with E-state index in [1.807, 2.05) is 6.92 Å². The average Bonchev–Trinajstić information content (AvgIpc) is 2.90. The molecular weight excluding hydrogens is 336 g/mol. The van der Waals surface area contributed by atoms with Gasteiger partial charge in [-0.15, -0.1) is 11.3 Å². The van der Waals surface area contributed by atoms with Gasteiger partial charge in [-0.3, -0.25) is 14.5 Å². The summed E-state index contributed by atoms with van der Waals surface area (Å²) < 4.78 is 0. The number of amides is 1. The maximum Gasteiger partial charge on any atom is 0.261 e. The number of nitrogens with one attached hydrogen (secondary N) is 2. The zero-order chi connectivity index (χ0) is 18.2. The molecule has 0 radical (unpaired) electrons. The predicted molar refractivity (Wildman–Crippen MR) is 102 cm³/mol. The minimum atomic E-state index is -0.177. The Labute approximate surface area is 151 Å². The minimum Gasteiger partial charge on any atom is -0.349 e. The molecule has 2 aromatic rings. The van der Waals surface area contributed by atoms with Gasteiger partial charge in [-0.1, -0.05) is 6.42 Å². The summed E-state index contributed by atoms with van der Waals surface area (Å²) in [6, 6.07) is 0. The summed E-state index contributed by atoms with van der Waals surface area (Å²) in [4.78, 5) is 35.6. The number of aromatic nitrogens is 2. The number of hydrogen-bond acceptors (Lipinski definition) is 5. The molecule has 0 unspecified atom stereocenters. The summed E-state index contributed by atoms with van der Waals surface area (Å²) >= 11 is 1.29. The fourth-order valence-electron chi connectivity index (χ4n) is 3.46. The smallest absolute Gasteiger partial charge is 0.261 e. The number of aromatic amines is 1. The van der Waals surface area contributed by atoms with Crippen molar-refractivity contribution in [3.63, 3.8) is 0 Å². The number of hydrogen-bond donors (Lipinski definition) is 2. The summed E-state index contributed by atoms with van der Waals surface area (Å²) in [5.41, 5.74) is 0.457. The molecule has 0 atom stereocenters. The molecule has 0 aromatic carbocycles. The normalized spacial score (nSPS) is 16.3. The zero-order valence-corrected chi connectivity index (χ0v) is 16.2. The molecule has 0 aliphatic carbocycles. The number of H-pyrrole nitrogens is 1. The van der Waals surface area contributed by atoms with E-state index in [0.717, 1.165) is 13.1 Å². The third-order valence-electron chi connectivity index (χ3n) is 5.02. The highest BCUT2D eigenvalue weighted by Gasteiger charge is 2.29. The second-order valence-electron chi connectivity index (χ2n) is 7.43. The highest BCUT2D eigenvalue weighted by atomic mass is 32.1. The molecule has 0 spiro atoms. The van der Waals surface area contributed by atoms with Crippen LogP contribution < -0.4 is 10.9 Å². The second kappa shape index (κ2) is 6.88. The van der Waals surface area contributed by atoms with E-state index in [9.17, 15) is 9.59 Å². The average molecular weight is 362 g/mol. The molecule has 3 heterocycles. The van der Waals surface area contributed by atoms with Crippen LogP contribution in [0.15, 0.2) is 4.79 Å². The van der Waals surface area contributed by atoms with Crippen LogP contribution >= 0.6 is 11.3 Å². The number of thiophene rings is 1. The van der Waals surface area contributed by atoms with Crippen LogP contribution in [0, 0.1) is 13.8 Å². The number of carbonyl (C=O) groups is 1. The van der Waals surface area contributed by atoms with Gasteiger partial charge in [-0.25, -0.2) is 4.98 Å². The topological polar surface area (TPSA) is 78.1 Å². The van der Waals surface area contributed by atoms with Crippen molar-refractivity contribution in [2.75, 3.05) is 19.6 Å². The summed E-state index contributed by atoms with van der Waals surface area (Å²) in [6.07, 6.45) is 3.74. The number of nitrogens with zero attached hydrogens (tertiary/aromatic N) is 2. The molecule has 136 valence electrons. The van der Waals surface area contributed by atoms with E-state index in [4.69, 9.17) is 0 Å². The van der Waals surface area contributed by atoms with Crippen LogP contribution in [0.4, 0.5) is 0 Å². The van der Waals surface area contributed by atoms with E-state index >= 15 is 0 Å². The van der Waals surface area contributed by atoms with Gasteiger partial charge in [0.25, 0.3) is 11.5 Å². The quantitative estimate of drug-likeness (QED) is 0.876. The van der Waals surface area contributed by atoms with Crippen LogP contribution in [-0.4, -0.2) is 45.9 Å². The third kappa shape index (κ3) is 3.62. The lowest BCUT2D eigenvalue weighted by molar-refractivity contribution is 0.0800. The fourth-order valence-corrected chi connectivity index (χ4v) is 4.60. The summed E-state index contributed by atoms with van der Waals surface area (Å²) in [5.74, 6) is 0.444. The lowest BCUT2D eigenvalue weighted by Gasteiger charge is -2.41. The van der Waals surface area contributed by atoms with Crippen molar-refractivity contribution >= 4 is 27.5 Å². The molecule has 1 fully saturated rings. The van der Waals surface area contributed by atoms with E-state index in [2.05, 4.69) is 34.0 Å². The molecule has 1 amide bonds. The SMILES string of the molecule is Cc1nc2sc(C(=O)NCC(C)(C)N3CCCCC3)c(C)c2c(=O)[nH]1. The van der Waals surface area contributed by atoms with Crippen LogP contribution in [0.1, 0.15) is 54.2 Å². The van der Waals surface area contributed by atoms with E-state index in [1.54, 1.807) is 6.92 Å². The highest BCUT2D eigenvalue weighted by molar-refractivity contribution is 7.20. The number of aryl methyl sites for hydroxylation is 2. The van der Waals surface area contributed by atoms with Gasteiger partial charge in [0, 0.05) is 12.1 Å². The Balaban J connectivity index is 1.77. The Kier molecular flexibility index (Phi) is 4.97. The van der Waals surface area contributed by atoms with E-state index in [1.165, 1.54) is 30.6 Å². The Hall–Kier alpha value is -1.73. The summed E-state index contributed by atoms with van der Waals surface area (Å²) in [7, 11) is 0. The largest absolute Gasteiger partial charge is 0.349 e. The van der Waals surface area contributed by atoms with Crippen molar-refractivity contribution in [1.82, 2.24) is 20.2 Å². The van der Waals surface area contributed by atoms with Gasteiger partial charge in [0.2, 0.25) is 0 Å². The van der Waals surface area contributed by atoms with Gasteiger partial charge in [0.05, 0.1) is 10.3 Å². The zero-order valence-electron chi connectivity index (χ0n) is 15.4. The molecule has 0 bridgehead atoms. The molecule has 1 aliphatic rings. The maximum absolute atomic E-state index is 12.7. The van der Waals surface area contributed by atoms with Crippen LogP contribution in [0.3, 0.4) is 0 Å². The van der Waals surface area contributed by atoms with Gasteiger partial charge >= 0.3 is 0 Å². The van der Waals surface area contributed by atoms with Crippen molar-refractivity contribution in [2.45, 2.75) is 52.5 Å². The molecule has 25 heavy (non-hydrogen) atoms. The second-order valence-corrected chi connectivity index (χ2v) is 8.43. The summed E-state index contributed by atoms with van der Waals surface area (Å²) in [6.45, 7) is 10.7. The van der Waals surface area contributed by atoms with Gasteiger partial charge in [-0.05, 0) is 59.2 Å². The first-order valence-electron chi connectivity index (χ1n) is 8.83. The molecule has 7 heteroatoms. The van der Waals surface area contributed by atoms with Crippen LogP contribution in [-0.2, 0) is 0 Å². The third-order valence-corrected chi connectivity index (χ3v) is 6.20. The van der Waals surface area contributed by atoms with Gasteiger partial charge in [0.1, 0.15) is 10.7 Å². The van der Waals surface area contributed by atoms with E-state index < -0.39 is 0 Å². The monoisotopic (exact) mass is 362 g/mol. The van der Waals surface area contributed by atoms with Crippen molar-refractivity contribution in [3.8, 4) is 0 Å². The molecule has 2 N–H and O–H groups in total. The van der Waals surface area contributed by atoms with E-state index in [-0.39, 0.29) is 17.0 Å². The van der Waals surface area contributed by atoms with Gasteiger partial charge < -0.3 is 10.3 Å². The highest BCUT2D eigenvalue weighted by Crippen LogP contribution is 2.27. The lowest BCUT2D eigenvalue weighted by Crippen LogP contribution is -2.53. The van der Waals surface area contributed by atoms with Crippen molar-refractivity contribution in [3.05, 3.63) is 26.6 Å². The minimum absolute atomic E-state index is 0.0764. The Morgan fingerprint density at radius 3 is 2.64 bits per heavy atom. The number of rotatable bonds is 4. The molecule has 0 saturated carbocycles. The Morgan fingerprint density at radius 1 is 1.28 bits per heavy atom. The Bertz CT molecular complexity index is 847. The predicted octanol–water partition coefficient (Wildman–Crippen LogP) is 2.60. The first-order chi connectivity index (χ1) is 11.8. The van der Waals surface area contributed by atoms with Crippen molar-refractivity contribution < 1.29 is 4.79 Å². The standard InChI is InChI=1S/C18H26N4O2S/c1-11-13-15(23)20-12(2)21-17(13)25-14(11)16(24)19-10-18(3,4)22-8-6-5-7-9-22/h5-10H2,1-4H3,(H,19,24)(H,20,21,23). The van der Waals surface area contributed by atoms with Crippen molar-refractivity contribution in [2.24, 2.45) is 0 Å². The number of likely N-dealkylation sites (tertiary alicyclic amines) is 1. The number of carbonyl (C=O) groups excluding carboxylic acids is 1. The molecule has 1 saturated heterocycles. The molecule has 3 rings (SSSR count). The summed E-state index contributed by atoms with van der Waals surface area (Å²) in [5, 5.41) is 3.59. The Morgan fingerprint density at radius 2 is 1.96 bits per heavy atom. The van der Waals surface area contributed by atoms with Crippen LogP contribution in [0.5, 0.6) is 0 Å². The van der Waals surface area contributed by atoms with Crippen LogP contribution in [0.25, 0.3) is 10.2 Å².